The van der Waals surface area contributed by atoms with E-state index in [1.54, 1.807) is 18.2 Å². The van der Waals surface area contributed by atoms with Crippen LogP contribution < -0.4 is 16.0 Å². The number of nitrogens with zero attached hydrogens (tertiary/aromatic N) is 1. The molecule has 1 aromatic carbocycles. The Morgan fingerprint density at radius 3 is 1.68 bits per heavy atom. The monoisotopic (exact) mass is 796 g/mol. The maximum Gasteiger partial charge on any atom is 0.407 e. The number of alkyl carbamates (subject to hydrolysis) is 1. The Balaban J connectivity index is 1.02. The number of anilines is 1. The number of rotatable bonds is 31. The van der Waals surface area contributed by atoms with Crippen LogP contribution in [-0.4, -0.2) is 165 Å². The van der Waals surface area contributed by atoms with Crippen LogP contribution in [0.4, 0.5) is 10.5 Å². The summed E-state index contributed by atoms with van der Waals surface area (Å²) >= 11 is 0. The number of piperidine rings is 1. The molecule has 0 saturated carbocycles. The topological polar surface area (TPSA) is 208 Å². The first kappa shape index (κ1) is 46.6. The number of hydrogen-bond acceptors (Lipinski definition) is 15. The van der Waals surface area contributed by atoms with E-state index < -0.39 is 41.4 Å². The average Bonchev–Trinajstić information content (AvgIpc) is 3.40. The molecule has 1 saturated heterocycles. The lowest BCUT2D eigenvalue weighted by Gasteiger charge is -2.27. The zero-order chi connectivity index (χ0) is 40.4. The van der Waals surface area contributed by atoms with Crippen LogP contribution >= 0.6 is 0 Å². The highest BCUT2D eigenvalue weighted by molar-refractivity contribution is 6.25. The first-order chi connectivity index (χ1) is 27.1. The van der Waals surface area contributed by atoms with E-state index >= 15 is 0 Å². The van der Waals surface area contributed by atoms with Crippen LogP contribution in [0.25, 0.3) is 0 Å². The molecule has 2 aliphatic heterocycles. The minimum Gasteiger partial charge on any atom is -0.444 e. The van der Waals surface area contributed by atoms with Crippen molar-refractivity contribution in [3.8, 4) is 0 Å². The van der Waals surface area contributed by atoms with Crippen molar-refractivity contribution in [2.45, 2.75) is 58.1 Å². The summed E-state index contributed by atoms with van der Waals surface area (Å²) < 4.78 is 49.3. The number of ether oxygens (including phenoxy) is 9. The van der Waals surface area contributed by atoms with Gasteiger partial charge in [-0.15, -0.1) is 0 Å². The number of fused-ring (bicyclic) bond motifs is 1. The molecule has 3 N–H and O–H groups in total. The average molecular weight is 797 g/mol. The van der Waals surface area contributed by atoms with Gasteiger partial charge in [-0.2, -0.15) is 0 Å². The molecule has 0 radical (unpaired) electrons. The zero-order valence-corrected chi connectivity index (χ0v) is 33.0. The molecule has 1 unspecified atom stereocenters. The second-order valence-electron chi connectivity index (χ2n) is 13.6. The van der Waals surface area contributed by atoms with Gasteiger partial charge in [-0.05, 0) is 52.2 Å². The van der Waals surface area contributed by atoms with Crippen molar-refractivity contribution in [3.05, 3.63) is 29.3 Å². The lowest BCUT2D eigenvalue weighted by atomic mass is 10.0. The summed E-state index contributed by atoms with van der Waals surface area (Å²) in [4.78, 5) is 62.4. The Morgan fingerprint density at radius 2 is 1.18 bits per heavy atom. The molecule has 1 fully saturated rings. The third-order valence-electron chi connectivity index (χ3n) is 8.02. The molecule has 18 heteroatoms. The van der Waals surface area contributed by atoms with Gasteiger partial charge in [0.15, 0.2) is 0 Å². The summed E-state index contributed by atoms with van der Waals surface area (Å²) in [5.41, 5.74) is 0.405. The standard InChI is InChI=1S/C38H60N4O14/c1-38(2,3)56-37(47)40-11-4-5-13-48-15-17-50-19-21-52-23-25-54-27-28-55-26-24-53-22-20-51-18-16-49-14-12-39-30-8-6-7-29-33(30)36(46)42(35(29)45)31-9-10-32(43)41-34(31)44/h6-8,31,39H,4-5,9-28H2,1-3H3,(H,40,47)(H,41,43,44). The maximum atomic E-state index is 13.2. The van der Waals surface area contributed by atoms with Crippen LogP contribution in [-0.2, 0) is 52.2 Å². The minimum atomic E-state index is -1.01. The van der Waals surface area contributed by atoms with Crippen molar-refractivity contribution in [1.82, 2.24) is 15.5 Å². The second kappa shape index (κ2) is 27.0. The van der Waals surface area contributed by atoms with Gasteiger partial charge in [0.25, 0.3) is 11.8 Å². The first-order valence-corrected chi connectivity index (χ1v) is 19.3. The molecule has 2 aliphatic rings. The summed E-state index contributed by atoms with van der Waals surface area (Å²) in [7, 11) is 0. The Labute approximate surface area is 328 Å². The number of benzene rings is 1. The molecule has 0 aliphatic carbocycles. The van der Waals surface area contributed by atoms with E-state index in [0.29, 0.717) is 124 Å². The van der Waals surface area contributed by atoms with Crippen LogP contribution in [0.15, 0.2) is 18.2 Å². The highest BCUT2D eigenvalue weighted by Gasteiger charge is 2.45. The molecule has 0 aromatic heterocycles. The number of amides is 5. The quantitative estimate of drug-likeness (QED) is 0.0725. The van der Waals surface area contributed by atoms with Crippen LogP contribution in [0.5, 0.6) is 0 Å². The third kappa shape index (κ3) is 18.5. The van der Waals surface area contributed by atoms with Crippen LogP contribution in [0.2, 0.25) is 0 Å². The van der Waals surface area contributed by atoms with E-state index in [2.05, 4.69) is 16.0 Å². The SMILES string of the molecule is CC(C)(C)OC(=O)NCCCCOCCOCCOCCOCCOCCOCCOCCOCCNc1cccc2c1C(=O)N(C1CCC(=O)NC1=O)C2=O. The van der Waals surface area contributed by atoms with E-state index in [0.717, 1.165) is 17.7 Å². The van der Waals surface area contributed by atoms with E-state index in [1.165, 1.54) is 0 Å². The molecule has 1 aromatic rings. The summed E-state index contributed by atoms with van der Waals surface area (Å²) in [5, 5.41) is 8.05. The van der Waals surface area contributed by atoms with Gasteiger partial charge in [0.1, 0.15) is 11.6 Å². The molecule has 2 heterocycles. The second-order valence-corrected chi connectivity index (χ2v) is 13.6. The van der Waals surface area contributed by atoms with Gasteiger partial charge in [-0.25, -0.2) is 4.79 Å². The Hall–Kier alpha value is -3.75. The summed E-state index contributed by atoms with van der Waals surface area (Å²) in [6, 6.07) is 3.90. The van der Waals surface area contributed by atoms with Crippen molar-refractivity contribution in [3.63, 3.8) is 0 Å². The number of nitrogens with one attached hydrogen (secondary N) is 3. The van der Waals surface area contributed by atoms with Crippen LogP contribution in [0.1, 0.15) is 67.2 Å². The maximum absolute atomic E-state index is 13.2. The number of unbranched alkanes of at least 4 members (excludes halogenated alkanes) is 1. The lowest BCUT2D eigenvalue weighted by Crippen LogP contribution is -2.54. The van der Waals surface area contributed by atoms with Crippen molar-refractivity contribution in [2.24, 2.45) is 0 Å². The van der Waals surface area contributed by atoms with Gasteiger partial charge in [-0.3, -0.25) is 29.4 Å². The first-order valence-electron chi connectivity index (χ1n) is 19.3. The highest BCUT2D eigenvalue weighted by atomic mass is 16.6. The van der Waals surface area contributed by atoms with Gasteiger partial charge in [0.05, 0.1) is 110 Å². The molecule has 1 atom stereocenters. The molecule has 18 nitrogen and oxygen atoms in total. The highest BCUT2D eigenvalue weighted by Crippen LogP contribution is 2.32. The summed E-state index contributed by atoms with van der Waals surface area (Å²) in [6.07, 6.45) is 1.41. The number of imide groups is 2. The van der Waals surface area contributed by atoms with Crippen molar-refractivity contribution in [2.75, 3.05) is 124 Å². The molecular formula is C38H60N4O14. The normalized spacial score (nSPS) is 15.6. The molecule has 0 bridgehead atoms. The number of carbonyl (C=O) groups is 5. The summed E-state index contributed by atoms with van der Waals surface area (Å²) in [5.74, 6) is -2.18. The van der Waals surface area contributed by atoms with Crippen molar-refractivity contribution < 1.29 is 66.6 Å². The van der Waals surface area contributed by atoms with Crippen LogP contribution in [0, 0.1) is 0 Å². The fourth-order valence-electron chi connectivity index (χ4n) is 5.40. The smallest absolute Gasteiger partial charge is 0.407 e. The third-order valence-corrected chi connectivity index (χ3v) is 8.02. The molecule has 3 rings (SSSR count). The Kier molecular flexibility index (Phi) is 22.5. The fourth-order valence-corrected chi connectivity index (χ4v) is 5.40. The van der Waals surface area contributed by atoms with Gasteiger partial charge in [0.2, 0.25) is 11.8 Å². The van der Waals surface area contributed by atoms with E-state index in [9.17, 15) is 24.0 Å². The van der Waals surface area contributed by atoms with E-state index in [1.807, 2.05) is 20.8 Å². The minimum absolute atomic E-state index is 0.0637. The molecule has 56 heavy (non-hydrogen) atoms. The van der Waals surface area contributed by atoms with Gasteiger partial charge in [-0.1, -0.05) is 6.07 Å². The number of hydrogen-bond donors (Lipinski definition) is 3. The lowest BCUT2D eigenvalue weighted by molar-refractivity contribution is -0.136. The van der Waals surface area contributed by atoms with Crippen LogP contribution in [0.3, 0.4) is 0 Å². The summed E-state index contributed by atoms with van der Waals surface area (Å²) in [6.45, 7) is 13.7. The largest absolute Gasteiger partial charge is 0.444 e. The zero-order valence-electron chi connectivity index (χ0n) is 33.0. The van der Waals surface area contributed by atoms with Gasteiger partial charge >= 0.3 is 6.09 Å². The molecule has 316 valence electrons. The Bertz CT molecular complexity index is 1360. The van der Waals surface area contributed by atoms with Crippen molar-refractivity contribution in [1.29, 1.82) is 0 Å². The van der Waals surface area contributed by atoms with E-state index in [4.69, 9.17) is 42.6 Å². The number of carbonyl (C=O) groups excluding carboxylic acids is 5. The predicted molar refractivity (Wildman–Crippen MR) is 202 cm³/mol. The molecule has 0 spiro atoms. The predicted octanol–water partition coefficient (Wildman–Crippen LogP) is 1.94. The molecular weight excluding hydrogens is 736 g/mol. The van der Waals surface area contributed by atoms with Crippen molar-refractivity contribution >= 4 is 35.4 Å². The molecule has 5 amide bonds. The van der Waals surface area contributed by atoms with Gasteiger partial charge in [0, 0.05) is 31.8 Å². The Morgan fingerprint density at radius 1 is 0.679 bits per heavy atom. The van der Waals surface area contributed by atoms with E-state index in [-0.39, 0.29) is 24.0 Å². The van der Waals surface area contributed by atoms with Gasteiger partial charge < -0.3 is 53.3 Å². The fraction of sp³-hybridized carbons (Fsp3) is 0.711.